The molecule has 4 rings (SSSR count). The van der Waals surface area contributed by atoms with E-state index in [2.05, 4.69) is 25.2 Å². The lowest BCUT2D eigenvalue weighted by Gasteiger charge is -2.17. The van der Waals surface area contributed by atoms with Crippen LogP contribution in [0.2, 0.25) is 0 Å². The Labute approximate surface area is 174 Å². The van der Waals surface area contributed by atoms with Crippen molar-refractivity contribution in [1.29, 1.82) is 0 Å². The molecule has 0 unspecified atom stereocenters. The van der Waals surface area contributed by atoms with Gasteiger partial charge in [0.25, 0.3) is 5.69 Å². The third-order valence-corrected chi connectivity index (χ3v) is 4.99. The van der Waals surface area contributed by atoms with Gasteiger partial charge in [-0.1, -0.05) is 0 Å². The quantitative estimate of drug-likeness (QED) is 0.461. The number of alkyl halides is 3. The van der Waals surface area contributed by atoms with Gasteiger partial charge in [-0.05, 0) is 30.5 Å². The molecule has 0 bridgehead atoms. The van der Waals surface area contributed by atoms with Crippen LogP contribution in [-0.4, -0.2) is 33.0 Å². The fourth-order valence-corrected chi connectivity index (χ4v) is 3.52. The Balaban J connectivity index is 1.67. The number of anilines is 3. The van der Waals surface area contributed by atoms with Gasteiger partial charge in [0.05, 0.1) is 22.2 Å². The summed E-state index contributed by atoms with van der Waals surface area (Å²) in [7, 11) is 0. The first-order chi connectivity index (χ1) is 14.7. The molecule has 12 heteroatoms. The molecule has 0 aliphatic carbocycles. The fraction of sp³-hybridized carbons (Fsp3) is 0.316. The van der Waals surface area contributed by atoms with Gasteiger partial charge in [-0.2, -0.15) is 18.2 Å². The van der Waals surface area contributed by atoms with Crippen molar-refractivity contribution in [2.45, 2.75) is 25.6 Å². The summed E-state index contributed by atoms with van der Waals surface area (Å²) in [6, 6.07) is 4.27. The molecule has 31 heavy (non-hydrogen) atoms. The normalized spacial score (nSPS) is 14.2. The van der Waals surface area contributed by atoms with Crippen molar-refractivity contribution < 1.29 is 18.1 Å². The molecule has 0 radical (unpaired) electrons. The highest BCUT2D eigenvalue weighted by Crippen LogP contribution is 2.33. The second-order valence-electron chi connectivity index (χ2n) is 7.18. The molecule has 1 aliphatic rings. The number of aromatic nitrogens is 3. The van der Waals surface area contributed by atoms with Crippen molar-refractivity contribution in [1.82, 2.24) is 15.0 Å². The molecule has 0 saturated carbocycles. The van der Waals surface area contributed by atoms with Gasteiger partial charge in [-0.25, -0.2) is 9.97 Å². The lowest BCUT2D eigenvalue weighted by atomic mass is 10.1. The molecule has 3 heterocycles. The van der Waals surface area contributed by atoms with Crippen LogP contribution in [0.5, 0.6) is 0 Å². The number of nitrogens with one attached hydrogen (secondary N) is 1. The summed E-state index contributed by atoms with van der Waals surface area (Å²) in [6.45, 7) is 1.63. The van der Waals surface area contributed by atoms with Crippen LogP contribution in [0.15, 0.2) is 30.5 Å². The van der Waals surface area contributed by atoms with Crippen molar-refractivity contribution in [3.05, 3.63) is 51.7 Å². The lowest BCUT2D eigenvalue weighted by Crippen LogP contribution is -2.19. The highest BCUT2D eigenvalue weighted by molar-refractivity contribution is 5.91. The molecule has 162 valence electrons. The number of nitrogens with two attached hydrogens (primary N) is 1. The summed E-state index contributed by atoms with van der Waals surface area (Å²) in [6.07, 6.45) is -1.00. The van der Waals surface area contributed by atoms with Crippen molar-refractivity contribution >= 4 is 34.2 Å². The Hall–Kier alpha value is -3.70. The number of pyridine rings is 1. The molecule has 3 N–H and O–H groups in total. The van der Waals surface area contributed by atoms with Crippen molar-refractivity contribution in [2.24, 2.45) is 0 Å². The zero-order valence-electron chi connectivity index (χ0n) is 16.2. The summed E-state index contributed by atoms with van der Waals surface area (Å²) >= 11 is 0. The largest absolute Gasteiger partial charge is 0.416 e. The molecule has 0 spiro atoms. The molecule has 9 nitrogen and oxygen atoms in total. The highest BCUT2D eigenvalue weighted by atomic mass is 19.4. The van der Waals surface area contributed by atoms with Gasteiger partial charge in [-0.15, -0.1) is 0 Å². The number of nitrogen functional groups attached to an aromatic ring is 1. The molecule has 0 atom stereocenters. The predicted molar refractivity (Wildman–Crippen MR) is 109 cm³/mol. The van der Waals surface area contributed by atoms with Crippen LogP contribution < -0.4 is 16.0 Å². The topological polar surface area (TPSA) is 123 Å². The van der Waals surface area contributed by atoms with E-state index < -0.39 is 22.4 Å². The minimum Gasteiger partial charge on any atom is -0.368 e. The van der Waals surface area contributed by atoms with E-state index in [0.29, 0.717) is 22.8 Å². The second kappa shape index (κ2) is 7.85. The van der Waals surface area contributed by atoms with Crippen molar-refractivity contribution in [3.63, 3.8) is 0 Å². The number of hydrogen-bond acceptors (Lipinski definition) is 8. The number of benzene rings is 1. The average Bonchev–Trinajstić information content (AvgIpc) is 3.25. The monoisotopic (exact) mass is 433 g/mol. The Kier molecular flexibility index (Phi) is 5.21. The molecule has 0 amide bonds. The Morgan fingerprint density at radius 1 is 1.16 bits per heavy atom. The number of rotatable bonds is 5. The maximum absolute atomic E-state index is 13.1. The number of fused-ring (bicyclic) bond motifs is 1. The number of nitrogens with zero attached hydrogens (tertiary/aromatic N) is 5. The van der Waals surface area contributed by atoms with E-state index in [-0.39, 0.29) is 18.1 Å². The van der Waals surface area contributed by atoms with Crippen LogP contribution in [0.25, 0.3) is 10.9 Å². The molecule has 1 aromatic carbocycles. The van der Waals surface area contributed by atoms with Gasteiger partial charge in [0.15, 0.2) is 0 Å². The van der Waals surface area contributed by atoms with Gasteiger partial charge in [0, 0.05) is 37.2 Å². The maximum Gasteiger partial charge on any atom is 0.416 e. The first kappa shape index (κ1) is 20.6. The molecule has 1 fully saturated rings. The summed E-state index contributed by atoms with van der Waals surface area (Å²) in [5.41, 5.74) is 4.59. The lowest BCUT2D eigenvalue weighted by molar-refractivity contribution is -0.385. The molecular formula is C19H18F3N7O2. The third-order valence-electron chi connectivity index (χ3n) is 4.99. The van der Waals surface area contributed by atoms with Crippen molar-refractivity contribution in [2.75, 3.05) is 29.0 Å². The summed E-state index contributed by atoms with van der Waals surface area (Å²) < 4.78 is 39.4. The van der Waals surface area contributed by atoms with E-state index in [0.717, 1.165) is 43.9 Å². The number of nitro benzene ring substituents is 1. The first-order valence-corrected chi connectivity index (χ1v) is 9.48. The second-order valence-corrected chi connectivity index (χ2v) is 7.18. The van der Waals surface area contributed by atoms with Gasteiger partial charge < -0.3 is 16.0 Å². The third kappa shape index (κ3) is 4.42. The summed E-state index contributed by atoms with van der Waals surface area (Å²) in [4.78, 5) is 25.1. The predicted octanol–water partition coefficient (Wildman–Crippen LogP) is 3.75. The van der Waals surface area contributed by atoms with E-state index in [4.69, 9.17) is 5.73 Å². The highest BCUT2D eigenvalue weighted by Gasteiger charge is 2.32. The van der Waals surface area contributed by atoms with Crippen LogP contribution in [-0.2, 0) is 12.7 Å². The van der Waals surface area contributed by atoms with Gasteiger partial charge in [0.2, 0.25) is 5.95 Å². The first-order valence-electron chi connectivity index (χ1n) is 9.48. The molecular weight excluding hydrogens is 415 g/mol. The van der Waals surface area contributed by atoms with Gasteiger partial charge >= 0.3 is 6.18 Å². The van der Waals surface area contributed by atoms with E-state index in [1.54, 1.807) is 12.3 Å². The molecule has 3 aromatic rings. The van der Waals surface area contributed by atoms with E-state index >= 15 is 0 Å². The number of halogens is 3. The van der Waals surface area contributed by atoms with E-state index in [1.165, 1.54) is 0 Å². The van der Waals surface area contributed by atoms with Crippen molar-refractivity contribution in [3.8, 4) is 0 Å². The zero-order chi connectivity index (χ0) is 22.2. The van der Waals surface area contributed by atoms with Crippen LogP contribution in [0.4, 0.5) is 36.4 Å². The summed E-state index contributed by atoms with van der Waals surface area (Å²) in [5, 5.41) is 14.6. The molecule has 1 aliphatic heterocycles. The van der Waals surface area contributed by atoms with Gasteiger partial charge in [0.1, 0.15) is 11.6 Å². The molecule has 2 aromatic heterocycles. The van der Waals surface area contributed by atoms with Crippen LogP contribution in [0.1, 0.15) is 24.0 Å². The van der Waals surface area contributed by atoms with Crippen LogP contribution in [0.3, 0.4) is 0 Å². The van der Waals surface area contributed by atoms with E-state index in [9.17, 15) is 23.3 Å². The average molecular weight is 433 g/mol. The fourth-order valence-electron chi connectivity index (χ4n) is 3.52. The Bertz CT molecular complexity index is 1150. The minimum atomic E-state index is -4.71. The minimum absolute atomic E-state index is 0.0271. The number of nitro groups is 1. The Morgan fingerprint density at radius 2 is 1.90 bits per heavy atom. The zero-order valence-corrected chi connectivity index (χ0v) is 16.2. The van der Waals surface area contributed by atoms with E-state index in [1.807, 2.05) is 0 Å². The number of hydrogen-bond donors (Lipinski definition) is 2. The standard InChI is InChI=1S/C19H18F3N7O2/c20-19(21,22)12-5-11(6-13(7-12)29(30)31)9-25-17-14-8-16(28-3-1-2-4-28)24-10-15(14)26-18(23)27-17/h5-8,10H,1-4,9H2,(H3,23,25,26,27). The summed E-state index contributed by atoms with van der Waals surface area (Å²) in [5.74, 6) is 1.03. The maximum atomic E-state index is 13.1. The van der Waals surface area contributed by atoms with Crippen LogP contribution >= 0.6 is 0 Å². The smallest absolute Gasteiger partial charge is 0.368 e. The number of non-ortho nitro benzene ring substituents is 1. The SMILES string of the molecule is Nc1nc(NCc2cc([N+](=O)[O-])cc(C(F)(F)F)c2)c2cc(N3CCCC3)ncc2n1. The van der Waals surface area contributed by atoms with Crippen LogP contribution in [0, 0.1) is 10.1 Å². The van der Waals surface area contributed by atoms with Gasteiger partial charge in [-0.3, -0.25) is 10.1 Å². The molecule has 1 saturated heterocycles. The Morgan fingerprint density at radius 3 is 2.58 bits per heavy atom.